The smallest absolute Gasteiger partial charge is 0.0483 e. The molecule has 2 heteroatoms. The molecule has 0 amide bonds. The van der Waals surface area contributed by atoms with E-state index in [2.05, 4.69) is 65.5 Å². The van der Waals surface area contributed by atoms with Crippen LogP contribution in [0.1, 0.15) is 11.3 Å². The van der Waals surface area contributed by atoms with Gasteiger partial charge in [-0.05, 0) is 41.8 Å². The zero-order valence-electron chi connectivity index (χ0n) is 11.7. The molecule has 4 rings (SSSR count). The van der Waals surface area contributed by atoms with E-state index in [0.29, 0.717) is 0 Å². The van der Waals surface area contributed by atoms with Gasteiger partial charge in [0.15, 0.2) is 0 Å². The van der Waals surface area contributed by atoms with E-state index in [1.807, 2.05) is 0 Å². The Labute approximate surface area is 119 Å². The lowest BCUT2D eigenvalue weighted by Crippen LogP contribution is -2.24. The van der Waals surface area contributed by atoms with Crippen molar-refractivity contribution in [1.29, 1.82) is 0 Å². The van der Waals surface area contributed by atoms with Crippen LogP contribution in [0.25, 0.3) is 22.0 Å². The van der Waals surface area contributed by atoms with Gasteiger partial charge < -0.3 is 9.88 Å². The van der Waals surface area contributed by atoms with Crippen LogP contribution in [0.4, 0.5) is 0 Å². The Hall–Kier alpha value is -2.06. The highest BCUT2D eigenvalue weighted by Crippen LogP contribution is 2.31. The molecule has 0 saturated heterocycles. The molecule has 100 valence electrons. The van der Waals surface area contributed by atoms with Crippen molar-refractivity contribution in [2.75, 3.05) is 6.54 Å². The van der Waals surface area contributed by atoms with Gasteiger partial charge in [-0.2, -0.15) is 0 Å². The van der Waals surface area contributed by atoms with Crippen LogP contribution in [-0.4, -0.2) is 11.1 Å². The van der Waals surface area contributed by atoms with E-state index < -0.39 is 0 Å². The number of hydrogen-bond donors (Lipinski definition) is 1. The number of aromatic nitrogens is 1. The topological polar surface area (TPSA) is 17.0 Å². The monoisotopic (exact) mass is 262 g/mol. The molecule has 3 aromatic rings. The first-order valence-corrected chi connectivity index (χ1v) is 7.21. The molecule has 2 heterocycles. The van der Waals surface area contributed by atoms with Crippen molar-refractivity contribution >= 4 is 10.9 Å². The average Bonchev–Trinajstić information content (AvgIpc) is 2.81. The molecule has 0 unspecified atom stereocenters. The molecule has 0 bridgehead atoms. The summed E-state index contributed by atoms with van der Waals surface area (Å²) in [5.41, 5.74) is 6.92. The van der Waals surface area contributed by atoms with Crippen molar-refractivity contribution in [3.05, 3.63) is 59.8 Å². The van der Waals surface area contributed by atoms with Crippen LogP contribution >= 0.6 is 0 Å². The summed E-state index contributed by atoms with van der Waals surface area (Å²) >= 11 is 0. The van der Waals surface area contributed by atoms with Crippen molar-refractivity contribution in [1.82, 2.24) is 9.88 Å². The van der Waals surface area contributed by atoms with Gasteiger partial charge in [0.1, 0.15) is 0 Å². The second-order valence-electron chi connectivity index (χ2n) is 5.51. The second-order valence-corrected chi connectivity index (χ2v) is 5.51. The quantitative estimate of drug-likeness (QED) is 0.710. The normalized spacial score (nSPS) is 14.4. The Kier molecular flexibility index (Phi) is 2.64. The minimum absolute atomic E-state index is 0.987. The molecular weight excluding hydrogens is 244 g/mol. The van der Waals surface area contributed by atoms with Gasteiger partial charge in [-0.25, -0.2) is 0 Å². The lowest BCUT2D eigenvalue weighted by molar-refractivity contribution is 0.614. The number of fused-ring (bicyclic) bond motifs is 3. The molecule has 1 aromatic heterocycles. The van der Waals surface area contributed by atoms with Gasteiger partial charge >= 0.3 is 0 Å². The molecule has 0 fully saturated rings. The second kappa shape index (κ2) is 4.50. The predicted octanol–water partition coefficient (Wildman–Crippen LogP) is 3.49. The van der Waals surface area contributed by atoms with Crippen molar-refractivity contribution in [2.24, 2.45) is 7.05 Å². The average molecular weight is 262 g/mol. The SMILES string of the molecule is Cn1c2c(c3cc(-c4ccccc4)ccc31)CCNC2. The summed E-state index contributed by atoms with van der Waals surface area (Å²) in [5, 5.41) is 4.89. The first-order valence-electron chi connectivity index (χ1n) is 7.21. The van der Waals surface area contributed by atoms with Crippen molar-refractivity contribution in [3.8, 4) is 11.1 Å². The van der Waals surface area contributed by atoms with E-state index in [4.69, 9.17) is 0 Å². The molecule has 2 aromatic carbocycles. The Morgan fingerprint density at radius 2 is 1.85 bits per heavy atom. The summed E-state index contributed by atoms with van der Waals surface area (Å²) in [6, 6.07) is 17.5. The molecule has 0 atom stereocenters. The molecule has 0 aliphatic carbocycles. The lowest BCUT2D eigenvalue weighted by Gasteiger charge is -2.14. The Morgan fingerprint density at radius 3 is 2.70 bits per heavy atom. The van der Waals surface area contributed by atoms with Gasteiger partial charge in [-0.3, -0.25) is 0 Å². The summed E-state index contributed by atoms with van der Waals surface area (Å²) in [4.78, 5) is 0. The number of nitrogens with zero attached hydrogens (tertiary/aromatic N) is 1. The lowest BCUT2D eigenvalue weighted by atomic mass is 10.00. The van der Waals surface area contributed by atoms with Crippen molar-refractivity contribution in [2.45, 2.75) is 13.0 Å². The molecule has 1 N–H and O–H groups in total. The first kappa shape index (κ1) is 11.7. The molecular formula is C18H18N2. The maximum Gasteiger partial charge on any atom is 0.0483 e. The van der Waals surface area contributed by atoms with Gasteiger partial charge in [-0.1, -0.05) is 36.4 Å². The van der Waals surface area contributed by atoms with Crippen LogP contribution in [-0.2, 0) is 20.0 Å². The van der Waals surface area contributed by atoms with Gasteiger partial charge in [0.25, 0.3) is 0 Å². The summed E-state index contributed by atoms with van der Waals surface area (Å²) < 4.78 is 2.34. The van der Waals surface area contributed by atoms with E-state index >= 15 is 0 Å². The Bertz CT molecular complexity index is 769. The van der Waals surface area contributed by atoms with E-state index in [9.17, 15) is 0 Å². The van der Waals surface area contributed by atoms with Gasteiger partial charge in [-0.15, -0.1) is 0 Å². The van der Waals surface area contributed by atoms with Crippen LogP contribution in [0.3, 0.4) is 0 Å². The zero-order chi connectivity index (χ0) is 13.5. The van der Waals surface area contributed by atoms with E-state index in [-0.39, 0.29) is 0 Å². The van der Waals surface area contributed by atoms with Crippen LogP contribution in [0.15, 0.2) is 48.5 Å². The molecule has 1 aliphatic rings. The maximum atomic E-state index is 3.47. The number of nitrogens with one attached hydrogen (secondary N) is 1. The molecule has 0 radical (unpaired) electrons. The van der Waals surface area contributed by atoms with Crippen LogP contribution in [0.5, 0.6) is 0 Å². The van der Waals surface area contributed by atoms with Crippen molar-refractivity contribution in [3.63, 3.8) is 0 Å². The van der Waals surface area contributed by atoms with Crippen LogP contribution < -0.4 is 5.32 Å². The molecule has 0 spiro atoms. The highest BCUT2D eigenvalue weighted by Gasteiger charge is 2.18. The molecule has 20 heavy (non-hydrogen) atoms. The minimum Gasteiger partial charge on any atom is -0.346 e. The Balaban J connectivity index is 1.95. The third kappa shape index (κ3) is 1.69. The van der Waals surface area contributed by atoms with Gasteiger partial charge in [0, 0.05) is 30.2 Å². The largest absolute Gasteiger partial charge is 0.346 e. The van der Waals surface area contributed by atoms with E-state index in [1.165, 1.54) is 33.3 Å². The summed E-state index contributed by atoms with van der Waals surface area (Å²) in [5.74, 6) is 0. The number of rotatable bonds is 1. The first-order chi connectivity index (χ1) is 9.84. The van der Waals surface area contributed by atoms with Crippen molar-refractivity contribution < 1.29 is 0 Å². The van der Waals surface area contributed by atoms with E-state index in [1.54, 1.807) is 0 Å². The van der Waals surface area contributed by atoms with Gasteiger partial charge in [0.2, 0.25) is 0 Å². The third-order valence-corrected chi connectivity index (χ3v) is 4.39. The fourth-order valence-corrected chi connectivity index (χ4v) is 3.31. The predicted molar refractivity (Wildman–Crippen MR) is 83.8 cm³/mol. The number of hydrogen-bond acceptors (Lipinski definition) is 1. The highest BCUT2D eigenvalue weighted by molar-refractivity contribution is 5.90. The molecule has 0 saturated carbocycles. The highest BCUT2D eigenvalue weighted by atomic mass is 15.0. The van der Waals surface area contributed by atoms with Crippen LogP contribution in [0, 0.1) is 0 Å². The fraction of sp³-hybridized carbons (Fsp3) is 0.222. The standard InChI is InChI=1S/C18H18N2/c1-20-17-8-7-14(13-5-3-2-4-6-13)11-16(17)15-9-10-19-12-18(15)20/h2-8,11,19H,9-10,12H2,1H3. The molecule has 2 nitrogen and oxygen atoms in total. The third-order valence-electron chi connectivity index (χ3n) is 4.39. The zero-order valence-corrected chi connectivity index (χ0v) is 11.7. The van der Waals surface area contributed by atoms with Gasteiger partial charge in [0.05, 0.1) is 0 Å². The summed E-state index contributed by atoms with van der Waals surface area (Å²) in [7, 11) is 2.18. The summed E-state index contributed by atoms with van der Waals surface area (Å²) in [6.07, 6.45) is 1.13. The van der Waals surface area contributed by atoms with Crippen LogP contribution in [0.2, 0.25) is 0 Å². The minimum atomic E-state index is 0.987. The van der Waals surface area contributed by atoms with E-state index in [0.717, 1.165) is 19.5 Å². The number of aryl methyl sites for hydroxylation is 1. The maximum absolute atomic E-state index is 3.47. The number of benzene rings is 2. The fourth-order valence-electron chi connectivity index (χ4n) is 3.31. The molecule has 1 aliphatic heterocycles. The summed E-state index contributed by atoms with van der Waals surface area (Å²) in [6.45, 7) is 2.07. The Morgan fingerprint density at radius 1 is 1.00 bits per heavy atom.